The molecule has 0 amide bonds. The fourth-order valence-corrected chi connectivity index (χ4v) is 4.22. The van der Waals surface area contributed by atoms with Gasteiger partial charge in [0.15, 0.2) is 0 Å². The number of hydrogen-bond acceptors (Lipinski definition) is 3. The first-order valence-electron chi connectivity index (χ1n) is 8.60. The van der Waals surface area contributed by atoms with Gasteiger partial charge in [0.25, 0.3) is 0 Å². The van der Waals surface area contributed by atoms with E-state index in [2.05, 4.69) is 37.9 Å². The first-order chi connectivity index (χ1) is 9.53. The maximum absolute atomic E-state index is 5.78. The lowest BCUT2D eigenvalue weighted by atomic mass is 9.67. The summed E-state index contributed by atoms with van der Waals surface area (Å²) in [5, 5.41) is 3.78. The van der Waals surface area contributed by atoms with Crippen LogP contribution < -0.4 is 5.32 Å². The molecule has 1 aliphatic carbocycles. The zero-order chi connectivity index (χ0) is 14.6. The first kappa shape index (κ1) is 16.3. The van der Waals surface area contributed by atoms with Crippen molar-refractivity contribution in [3.63, 3.8) is 0 Å². The Kier molecular flexibility index (Phi) is 5.88. The zero-order valence-corrected chi connectivity index (χ0v) is 14.0. The van der Waals surface area contributed by atoms with Gasteiger partial charge in [-0.1, -0.05) is 27.2 Å². The average molecular weight is 282 g/mol. The smallest absolute Gasteiger partial charge is 0.0673 e. The minimum Gasteiger partial charge on any atom is -0.377 e. The van der Waals surface area contributed by atoms with Gasteiger partial charge in [-0.25, -0.2) is 0 Å². The molecule has 0 bridgehead atoms. The minimum atomic E-state index is 0.395. The highest BCUT2D eigenvalue weighted by atomic mass is 16.5. The summed E-state index contributed by atoms with van der Waals surface area (Å²) in [6.07, 6.45) is 5.71. The third-order valence-corrected chi connectivity index (χ3v) is 5.16. The number of hydrogen-bond donors (Lipinski definition) is 1. The second-order valence-corrected chi connectivity index (χ2v) is 7.47. The van der Waals surface area contributed by atoms with Crippen LogP contribution in [0.1, 0.15) is 53.4 Å². The van der Waals surface area contributed by atoms with Gasteiger partial charge in [-0.3, -0.25) is 0 Å². The van der Waals surface area contributed by atoms with Gasteiger partial charge >= 0.3 is 0 Å². The van der Waals surface area contributed by atoms with E-state index in [0.29, 0.717) is 17.6 Å². The first-order valence-corrected chi connectivity index (χ1v) is 8.60. The molecule has 3 unspecified atom stereocenters. The van der Waals surface area contributed by atoms with E-state index in [0.717, 1.165) is 25.6 Å². The molecule has 0 aromatic heterocycles. The topological polar surface area (TPSA) is 24.5 Å². The molecular weight excluding hydrogens is 248 g/mol. The van der Waals surface area contributed by atoms with Crippen LogP contribution in [0.2, 0.25) is 0 Å². The Morgan fingerprint density at radius 1 is 1.30 bits per heavy atom. The summed E-state index contributed by atoms with van der Waals surface area (Å²) in [7, 11) is 0. The molecule has 3 atom stereocenters. The second-order valence-electron chi connectivity index (χ2n) is 7.47. The predicted octanol–water partition coefficient (Wildman–Crippen LogP) is 2.90. The van der Waals surface area contributed by atoms with Gasteiger partial charge in [0.2, 0.25) is 0 Å². The van der Waals surface area contributed by atoms with Gasteiger partial charge in [0.1, 0.15) is 0 Å². The van der Waals surface area contributed by atoms with Crippen LogP contribution in [0, 0.1) is 11.3 Å². The van der Waals surface area contributed by atoms with E-state index in [-0.39, 0.29) is 0 Å². The van der Waals surface area contributed by atoms with E-state index in [1.165, 1.54) is 38.8 Å². The van der Waals surface area contributed by atoms with E-state index in [4.69, 9.17) is 4.74 Å². The number of rotatable bonds is 4. The Balaban J connectivity index is 1.97. The molecule has 1 aliphatic heterocycles. The highest BCUT2D eigenvalue weighted by Gasteiger charge is 2.39. The van der Waals surface area contributed by atoms with Gasteiger partial charge in [-0.05, 0) is 44.1 Å². The lowest BCUT2D eigenvalue weighted by Gasteiger charge is -2.46. The zero-order valence-electron chi connectivity index (χ0n) is 14.0. The van der Waals surface area contributed by atoms with Crippen molar-refractivity contribution in [3.05, 3.63) is 0 Å². The SMILES string of the molecule is CCNC1C(CN2CCCOC(C)C2)CCCC1(C)C. The standard InChI is InChI=1S/C17H34N2O/c1-5-18-16-15(8-6-9-17(16,3)4)13-19-10-7-11-20-14(2)12-19/h14-16,18H,5-13H2,1-4H3. The van der Waals surface area contributed by atoms with Crippen molar-refractivity contribution in [1.82, 2.24) is 10.2 Å². The molecule has 0 spiro atoms. The predicted molar refractivity (Wildman–Crippen MR) is 85.1 cm³/mol. The van der Waals surface area contributed by atoms with Gasteiger partial charge in [-0.15, -0.1) is 0 Å². The molecule has 20 heavy (non-hydrogen) atoms. The molecule has 3 nitrogen and oxygen atoms in total. The van der Waals surface area contributed by atoms with E-state index >= 15 is 0 Å². The van der Waals surface area contributed by atoms with Crippen LogP contribution in [0.25, 0.3) is 0 Å². The normalized spacial score (nSPS) is 35.7. The largest absolute Gasteiger partial charge is 0.377 e. The van der Waals surface area contributed by atoms with Crippen LogP contribution >= 0.6 is 0 Å². The van der Waals surface area contributed by atoms with Crippen LogP contribution in [0.15, 0.2) is 0 Å². The fourth-order valence-electron chi connectivity index (χ4n) is 4.22. The monoisotopic (exact) mass is 282 g/mol. The van der Waals surface area contributed by atoms with E-state index in [1.54, 1.807) is 0 Å². The molecule has 3 heteroatoms. The molecule has 1 saturated heterocycles. The van der Waals surface area contributed by atoms with E-state index in [1.807, 2.05) is 0 Å². The average Bonchev–Trinajstić information content (AvgIpc) is 2.58. The maximum atomic E-state index is 5.78. The molecule has 1 saturated carbocycles. The Morgan fingerprint density at radius 2 is 2.10 bits per heavy atom. The van der Waals surface area contributed by atoms with Crippen molar-refractivity contribution in [2.75, 3.05) is 32.8 Å². The molecule has 2 rings (SSSR count). The summed E-state index contributed by atoms with van der Waals surface area (Å²) in [5.41, 5.74) is 0.437. The Bertz CT molecular complexity index is 293. The third-order valence-electron chi connectivity index (χ3n) is 5.16. The molecule has 1 N–H and O–H groups in total. The van der Waals surface area contributed by atoms with Crippen molar-refractivity contribution in [2.45, 2.75) is 65.5 Å². The highest BCUT2D eigenvalue weighted by Crippen LogP contribution is 2.39. The summed E-state index contributed by atoms with van der Waals surface area (Å²) in [6, 6.07) is 0.667. The second kappa shape index (κ2) is 7.24. The van der Waals surface area contributed by atoms with Gasteiger partial charge in [0.05, 0.1) is 6.10 Å². The third kappa shape index (κ3) is 4.19. The van der Waals surface area contributed by atoms with Gasteiger partial charge < -0.3 is 15.0 Å². The lowest BCUT2D eigenvalue weighted by Crippen LogP contribution is -2.53. The summed E-state index contributed by atoms with van der Waals surface area (Å²) >= 11 is 0. The van der Waals surface area contributed by atoms with Crippen LogP contribution in [0.5, 0.6) is 0 Å². The molecule has 0 aromatic rings. The molecule has 118 valence electrons. The van der Waals surface area contributed by atoms with Crippen LogP contribution in [-0.2, 0) is 4.74 Å². The summed E-state index contributed by atoms with van der Waals surface area (Å²) in [6.45, 7) is 14.9. The Labute approximate surface area is 125 Å². The summed E-state index contributed by atoms with van der Waals surface area (Å²) < 4.78 is 5.78. The fraction of sp³-hybridized carbons (Fsp3) is 1.00. The summed E-state index contributed by atoms with van der Waals surface area (Å²) in [4.78, 5) is 2.65. The molecular formula is C17H34N2O. The van der Waals surface area contributed by atoms with E-state index in [9.17, 15) is 0 Å². The quantitative estimate of drug-likeness (QED) is 0.858. The van der Waals surface area contributed by atoms with Crippen molar-refractivity contribution >= 4 is 0 Å². The van der Waals surface area contributed by atoms with Crippen LogP contribution in [0.4, 0.5) is 0 Å². The van der Waals surface area contributed by atoms with Crippen LogP contribution in [0.3, 0.4) is 0 Å². The summed E-state index contributed by atoms with van der Waals surface area (Å²) in [5.74, 6) is 0.795. The molecule has 2 aliphatic rings. The molecule has 0 aromatic carbocycles. The number of ether oxygens (including phenoxy) is 1. The van der Waals surface area contributed by atoms with E-state index < -0.39 is 0 Å². The number of nitrogens with zero attached hydrogens (tertiary/aromatic N) is 1. The Morgan fingerprint density at radius 3 is 2.85 bits per heavy atom. The minimum absolute atomic E-state index is 0.395. The highest BCUT2D eigenvalue weighted by molar-refractivity contribution is 4.94. The number of nitrogens with one attached hydrogen (secondary N) is 1. The van der Waals surface area contributed by atoms with Crippen molar-refractivity contribution in [3.8, 4) is 0 Å². The van der Waals surface area contributed by atoms with Crippen molar-refractivity contribution in [2.24, 2.45) is 11.3 Å². The molecule has 1 heterocycles. The molecule has 2 fully saturated rings. The van der Waals surface area contributed by atoms with Crippen LogP contribution in [-0.4, -0.2) is 49.8 Å². The van der Waals surface area contributed by atoms with Crippen molar-refractivity contribution in [1.29, 1.82) is 0 Å². The Hall–Kier alpha value is -0.120. The van der Waals surface area contributed by atoms with Crippen molar-refractivity contribution < 1.29 is 4.74 Å². The molecule has 0 radical (unpaired) electrons. The maximum Gasteiger partial charge on any atom is 0.0673 e. The van der Waals surface area contributed by atoms with Gasteiger partial charge in [-0.2, -0.15) is 0 Å². The van der Waals surface area contributed by atoms with Gasteiger partial charge in [0, 0.05) is 32.3 Å². The lowest BCUT2D eigenvalue weighted by molar-refractivity contribution is 0.0512.